The first-order chi connectivity index (χ1) is 13.4. The maximum atomic E-state index is 11.9. The lowest BCUT2D eigenvalue weighted by Gasteiger charge is -2.36. The lowest BCUT2D eigenvalue weighted by atomic mass is 9.72. The normalized spacial score (nSPS) is 21.5. The minimum absolute atomic E-state index is 0.165. The molecule has 154 valence electrons. The Morgan fingerprint density at radius 3 is 2.71 bits per heavy atom. The van der Waals surface area contributed by atoms with Crippen LogP contribution in [0.3, 0.4) is 0 Å². The summed E-state index contributed by atoms with van der Waals surface area (Å²) in [5, 5.41) is 9.75. The second kappa shape index (κ2) is 8.97. The second-order valence-corrected chi connectivity index (χ2v) is 8.11. The molecule has 0 saturated carbocycles. The van der Waals surface area contributed by atoms with Crippen molar-refractivity contribution in [1.29, 1.82) is 0 Å². The Hall–Kier alpha value is -2.05. The number of carboxylic acids is 1. The van der Waals surface area contributed by atoms with Crippen molar-refractivity contribution >= 4 is 5.97 Å². The highest BCUT2D eigenvalue weighted by molar-refractivity contribution is 5.72. The van der Waals surface area contributed by atoms with Gasteiger partial charge in [-0.25, -0.2) is 0 Å². The van der Waals surface area contributed by atoms with Gasteiger partial charge in [-0.2, -0.15) is 0 Å². The number of likely N-dealkylation sites (tertiary alicyclic amines) is 1. The van der Waals surface area contributed by atoms with Gasteiger partial charge in [0.1, 0.15) is 6.61 Å². The van der Waals surface area contributed by atoms with E-state index >= 15 is 0 Å². The smallest absolute Gasteiger partial charge is 0.308 e. The van der Waals surface area contributed by atoms with Gasteiger partial charge in [0.2, 0.25) is 0 Å². The van der Waals surface area contributed by atoms with Crippen LogP contribution in [-0.2, 0) is 16.1 Å². The van der Waals surface area contributed by atoms with Crippen LogP contribution < -0.4 is 9.47 Å². The standard InChI is InChI=1S/C22H31NO5/c1-16(2)6-9-28-19-5-4-17(12-20(19)26-3)13-23-14-18(21(24)25)22(15-23)7-10-27-11-8-22/h4-6,12,18H,7-11,13-15H2,1-3H3,(H,24,25). The molecule has 2 aliphatic rings. The Kier molecular flexibility index (Phi) is 6.62. The van der Waals surface area contributed by atoms with Gasteiger partial charge < -0.3 is 19.3 Å². The zero-order chi connectivity index (χ0) is 20.1. The average molecular weight is 389 g/mol. The lowest BCUT2D eigenvalue weighted by Crippen LogP contribution is -2.40. The summed E-state index contributed by atoms with van der Waals surface area (Å²) in [6, 6.07) is 5.95. The number of carbonyl (C=O) groups is 1. The number of aliphatic carboxylic acids is 1. The van der Waals surface area contributed by atoms with Gasteiger partial charge in [0, 0.05) is 38.3 Å². The van der Waals surface area contributed by atoms with Gasteiger partial charge in [0.05, 0.1) is 13.0 Å². The molecule has 1 aromatic carbocycles. The molecule has 2 heterocycles. The molecule has 28 heavy (non-hydrogen) atoms. The molecule has 6 nitrogen and oxygen atoms in total. The van der Waals surface area contributed by atoms with Crippen LogP contribution >= 0.6 is 0 Å². The van der Waals surface area contributed by atoms with Gasteiger partial charge in [-0.3, -0.25) is 9.69 Å². The maximum absolute atomic E-state index is 11.9. The van der Waals surface area contributed by atoms with Crippen molar-refractivity contribution in [1.82, 2.24) is 4.90 Å². The van der Waals surface area contributed by atoms with E-state index in [1.165, 1.54) is 5.57 Å². The fourth-order valence-electron chi connectivity index (χ4n) is 4.30. The summed E-state index contributed by atoms with van der Waals surface area (Å²) in [7, 11) is 1.64. The van der Waals surface area contributed by atoms with Crippen LogP contribution in [0.25, 0.3) is 0 Å². The van der Waals surface area contributed by atoms with Crippen LogP contribution in [0.2, 0.25) is 0 Å². The summed E-state index contributed by atoms with van der Waals surface area (Å²) in [6.07, 6.45) is 3.67. The van der Waals surface area contributed by atoms with Crippen molar-refractivity contribution < 1.29 is 24.1 Å². The first-order valence-corrected chi connectivity index (χ1v) is 9.89. The van der Waals surface area contributed by atoms with E-state index in [0.29, 0.717) is 38.7 Å². The van der Waals surface area contributed by atoms with Crippen LogP contribution in [0.5, 0.6) is 11.5 Å². The number of allylic oxidation sites excluding steroid dienone is 1. The molecule has 2 fully saturated rings. The highest BCUT2D eigenvalue weighted by Gasteiger charge is 2.50. The van der Waals surface area contributed by atoms with Gasteiger partial charge in [-0.15, -0.1) is 0 Å². The molecule has 1 aromatic rings. The van der Waals surface area contributed by atoms with Crippen molar-refractivity contribution in [3.05, 3.63) is 35.4 Å². The molecular weight excluding hydrogens is 358 g/mol. The molecule has 1 spiro atoms. The van der Waals surface area contributed by atoms with Crippen molar-refractivity contribution in [2.24, 2.45) is 11.3 Å². The third kappa shape index (κ3) is 4.67. The van der Waals surface area contributed by atoms with Crippen molar-refractivity contribution in [3.8, 4) is 11.5 Å². The third-order valence-corrected chi connectivity index (χ3v) is 5.87. The molecule has 0 aliphatic carbocycles. The third-order valence-electron chi connectivity index (χ3n) is 5.87. The number of carboxylic acid groups (broad SMARTS) is 1. The molecule has 1 N–H and O–H groups in total. The van der Waals surface area contributed by atoms with E-state index in [1.807, 2.05) is 38.1 Å². The minimum Gasteiger partial charge on any atom is -0.493 e. The number of benzene rings is 1. The van der Waals surface area contributed by atoms with E-state index in [1.54, 1.807) is 7.11 Å². The van der Waals surface area contributed by atoms with Crippen LogP contribution in [-0.4, -0.2) is 56.0 Å². The van der Waals surface area contributed by atoms with E-state index in [0.717, 1.165) is 30.7 Å². The maximum Gasteiger partial charge on any atom is 0.308 e. The van der Waals surface area contributed by atoms with E-state index in [9.17, 15) is 9.90 Å². The largest absolute Gasteiger partial charge is 0.493 e. The van der Waals surface area contributed by atoms with Crippen molar-refractivity contribution in [2.75, 3.05) is 40.0 Å². The van der Waals surface area contributed by atoms with Crippen LogP contribution in [0.4, 0.5) is 0 Å². The molecule has 0 radical (unpaired) electrons. The van der Waals surface area contributed by atoms with E-state index in [2.05, 4.69) is 4.90 Å². The summed E-state index contributed by atoms with van der Waals surface area (Å²) in [4.78, 5) is 14.1. The Balaban J connectivity index is 1.69. The molecule has 2 aliphatic heterocycles. The first kappa shape index (κ1) is 20.7. The summed E-state index contributed by atoms with van der Waals surface area (Å²) < 4.78 is 16.8. The van der Waals surface area contributed by atoms with Gasteiger partial charge in [0.25, 0.3) is 0 Å². The number of ether oxygens (including phenoxy) is 3. The molecular formula is C22H31NO5. The fourth-order valence-corrected chi connectivity index (χ4v) is 4.30. The number of rotatable bonds is 7. The monoisotopic (exact) mass is 389 g/mol. The van der Waals surface area contributed by atoms with Crippen LogP contribution in [0.1, 0.15) is 32.3 Å². The molecule has 3 rings (SSSR count). The summed E-state index contributed by atoms with van der Waals surface area (Å²) >= 11 is 0. The topological polar surface area (TPSA) is 68.2 Å². The molecule has 1 unspecified atom stereocenters. The Morgan fingerprint density at radius 1 is 1.32 bits per heavy atom. The average Bonchev–Trinajstić information content (AvgIpc) is 3.00. The zero-order valence-electron chi connectivity index (χ0n) is 17.1. The molecule has 0 bridgehead atoms. The lowest BCUT2D eigenvalue weighted by molar-refractivity contribution is -0.147. The molecule has 1 atom stereocenters. The Morgan fingerprint density at radius 2 is 2.07 bits per heavy atom. The predicted molar refractivity (Wildman–Crippen MR) is 107 cm³/mol. The van der Waals surface area contributed by atoms with E-state index in [4.69, 9.17) is 14.2 Å². The predicted octanol–water partition coefficient (Wildman–Crippen LogP) is 3.35. The molecule has 2 saturated heterocycles. The van der Waals surface area contributed by atoms with Gasteiger partial charge >= 0.3 is 5.97 Å². The Labute approximate surface area is 167 Å². The number of hydrogen-bond donors (Lipinski definition) is 1. The van der Waals surface area contributed by atoms with E-state index in [-0.39, 0.29) is 11.3 Å². The van der Waals surface area contributed by atoms with Crippen LogP contribution in [0, 0.1) is 11.3 Å². The SMILES string of the molecule is COc1cc(CN2CC(C(=O)O)C3(CCOCC3)C2)ccc1OCC=C(C)C. The quantitative estimate of drug-likeness (QED) is 0.722. The van der Waals surface area contributed by atoms with Gasteiger partial charge in [-0.1, -0.05) is 11.6 Å². The van der Waals surface area contributed by atoms with Crippen molar-refractivity contribution in [2.45, 2.75) is 33.2 Å². The second-order valence-electron chi connectivity index (χ2n) is 8.11. The number of hydrogen-bond acceptors (Lipinski definition) is 5. The van der Waals surface area contributed by atoms with Crippen LogP contribution in [0.15, 0.2) is 29.8 Å². The molecule has 6 heteroatoms. The Bertz CT molecular complexity index is 720. The highest BCUT2D eigenvalue weighted by atomic mass is 16.5. The minimum atomic E-state index is -0.690. The highest BCUT2D eigenvalue weighted by Crippen LogP contribution is 2.45. The number of nitrogens with zero attached hydrogens (tertiary/aromatic N) is 1. The number of methoxy groups -OCH3 is 1. The van der Waals surface area contributed by atoms with Crippen molar-refractivity contribution in [3.63, 3.8) is 0 Å². The zero-order valence-corrected chi connectivity index (χ0v) is 17.1. The van der Waals surface area contributed by atoms with Gasteiger partial charge in [-0.05, 0) is 50.5 Å². The van der Waals surface area contributed by atoms with E-state index < -0.39 is 5.97 Å². The molecule has 0 aromatic heterocycles. The summed E-state index contributed by atoms with van der Waals surface area (Å²) in [5.74, 6) is 0.402. The van der Waals surface area contributed by atoms with Gasteiger partial charge in [0.15, 0.2) is 11.5 Å². The summed E-state index contributed by atoms with van der Waals surface area (Å²) in [5.41, 5.74) is 2.14. The summed E-state index contributed by atoms with van der Waals surface area (Å²) in [6.45, 7) is 7.98. The first-order valence-electron chi connectivity index (χ1n) is 9.89. The fraction of sp³-hybridized carbons (Fsp3) is 0.591. The molecule has 0 amide bonds.